The maximum Gasteiger partial charge on any atom is 0.161 e. The van der Waals surface area contributed by atoms with E-state index in [0.717, 1.165) is 49.6 Å². The molecule has 5 nitrogen and oxygen atoms in total. The van der Waals surface area contributed by atoms with E-state index in [0.29, 0.717) is 6.61 Å². The summed E-state index contributed by atoms with van der Waals surface area (Å²) in [6.45, 7) is 6.69. The van der Waals surface area contributed by atoms with E-state index in [4.69, 9.17) is 14.5 Å². The SMILES string of the molecule is CCOc1ccc(C(c2cnc3ccccc3c2)N2CCCNCC2)cc1OC. The van der Waals surface area contributed by atoms with Crippen LogP contribution in [0.2, 0.25) is 0 Å². The number of pyridine rings is 1. The number of benzene rings is 2. The molecule has 2 aromatic carbocycles. The van der Waals surface area contributed by atoms with Crippen LogP contribution in [0.25, 0.3) is 10.9 Å². The number of hydrogen-bond donors (Lipinski definition) is 1. The number of nitrogens with one attached hydrogen (secondary N) is 1. The van der Waals surface area contributed by atoms with Crippen molar-refractivity contribution in [2.24, 2.45) is 0 Å². The second-order valence-electron chi connectivity index (χ2n) is 7.35. The van der Waals surface area contributed by atoms with Crippen LogP contribution in [0.4, 0.5) is 0 Å². The first-order valence-corrected chi connectivity index (χ1v) is 10.4. The molecular weight excluding hydrogens is 362 g/mol. The highest BCUT2D eigenvalue weighted by atomic mass is 16.5. The van der Waals surface area contributed by atoms with Crippen LogP contribution < -0.4 is 14.8 Å². The van der Waals surface area contributed by atoms with Gasteiger partial charge in [-0.05, 0) is 55.3 Å². The van der Waals surface area contributed by atoms with Gasteiger partial charge < -0.3 is 14.8 Å². The van der Waals surface area contributed by atoms with Gasteiger partial charge in [-0.15, -0.1) is 0 Å². The Balaban J connectivity index is 1.79. The van der Waals surface area contributed by atoms with Crippen molar-refractivity contribution in [3.05, 3.63) is 65.9 Å². The fourth-order valence-electron chi connectivity index (χ4n) is 4.11. The Bertz CT molecular complexity index is 952. The van der Waals surface area contributed by atoms with E-state index in [9.17, 15) is 0 Å². The zero-order chi connectivity index (χ0) is 20.1. The summed E-state index contributed by atoms with van der Waals surface area (Å²) in [5.41, 5.74) is 3.43. The van der Waals surface area contributed by atoms with E-state index < -0.39 is 0 Å². The number of aromatic nitrogens is 1. The summed E-state index contributed by atoms with van der Waals surface area (Å²) in [5.74, 6) is 1.56. The van der Waals surface area contributed by atoms with Crippen LogP contribution in [-0.4, -0.2) is 49.8 Å². The molecule has 29 heavy (non-hydrogen) atoms. The van der Waals surface area contributed by atoms with Gasteiger partial charge in [-0.25, -0.2) is 0 Å². The quantitative estimate of drug-likeness (QED) is 0.688. The number of nitrogens with zero attached hydrogens (tertiary/aromatic N) is 2. The lowest BCUT2D eigenvalue weighted by Gasteiger charge is -2.31. The average molecular weight is 392 g/mol. The number of methoxy groups -OCH3 is 1. The molecule has 0 amide bonds. The minimum atomic E-state index is 0.122. The number of fused-ring (bicyclic) bond motifs is 1. The minimum absolute atomic E-state index is 0.122. The van der Waals surface area contributed by atoms with Crippen molar-refractivity contribution < 1.29 is 9.47 Å². The Kier molecular flexibility index (Phi) is 6.27. The molecule has 1 N–H and O–H groups in total. The number of hydrogen-bond acceptors (Lipinski definition) is 5. The predicted molar refractivity (Wildman–Crippen MR) is 117 cm³/mol. The summed E-state index contributed by atoms with van der Waals surface area (Å²) in [6.07, 6.45) is 3.15. The Hall–Kier alpha value is -2.63. The largest absolute Gasteiger partial charge is 0.493 e. The van der Waals surface area contributed by atoms with Crippen molar-refractivity contribution in [1.29, 1.82) is 0 Å². The van der Waals surface area contributed by atoms with Gasteiger partial charge >= 0.3 is 0 Å². The van der Waals surface area contributed by atoms with Crippen LogP contribution in [-0.2, 0) is 0 Å². The molecule has 1 fully saturated rings. The standard InChI is InChI=1S/C24H29N3O2/c1-3-29-22-10-9-19(16-23(22)28-2)24(27-13-6-11-25-12-14-27)20-15-18-7-4-5-8-21(18)26-17-20/h4-5,7-10,15-17,24-25H,3,6,11-14H2,1-2H3. The molecule has 0 aliphatic carbocycles. The molecule has 1 aliphatic rings. The van der Waals surface area contributed by atoms with Crippen LogP contribution >= 0.6 is 0 Å². The molecule has 4 rings (SSSR count). The van der Waals surface area contributed by atoms with E-state index in [1.165, 1.54) is 16.5 Å². The zero-order valence-corrected chi connectivity index (χ0v) is 17.2. The lowest BCUT2D eigenvalue weighted by atomic mass is 9.96. The van der Waals surface area contributed by atoms with Crippen molar-refractivity contribution in [2.45, 2.75) is 19.4 Å². The third-order valence-corrected chi connectivity index (χ3v) is 5.47. The normalized spacial score (nSPS) is 16.3. The highest BCUT2D eigenvalue weighted by Gasteiger charge is 2.25. The van der Waals surface area contributed by atoms with Crippen molar-refractivity contribution in [3.8, 4) is 11.5 Å². The van der Waals surface area contributed by atoms with Crippen LogP contribution in [0.5, 0.6) is 11.5 Å². The Morgan fingerprint density at radius 3 is 2.79 bits per heavy atom. The molecule has 152 valence electrons. The molecule has 1 aliphatic heterocycles. The molecule has 3 aromatic rings. The lowest BCUT2D eigenvalue weighted by Crippen LogP contribution is -2.33. The van der Waals surface area contributed by atoms with E-state index in [1.54, 1.807) is 7.11 Å². The second-order valence-corrected chi connectivity index (χ2v) is 7.35. The van der Waals surface area contributed by atoms with E-state index >= 15 is 0 Å². The van der Waals surface area contributed by atoms with Gasteiger partial charge in [-0.1, -0.05) is 24.3 Å². The zero-order valence-electron chi connectivity index (χ0n) is 17.2. The summed E-state index contributed by atoms with van der Waals surface area (Å²) in [6, 6.07) is 17.0. The van der Waals surface area contributed by atoms with E-state index in [-0.39, 0.29) is 6.04 Å². The third kappa shape index (κ3) is 4.36. The summed E-state index contributed by atoms with van der Waals surface area (Å²) < 4.78 is 11.4. The first-order valence-electron chi connectivity index (χ1n) is 10.4. The third-order valence-electron chi connectivity index (χ3n) is 5.47. The Labute approximate surface area is 172 Å². The van der Waals surface area contributed by atoms with Gasteiger partial charge in [0.1, 0.15) is 0 Å². The molecule has 0 radical (unpaired) electrons. The molecule has 0 saturated carbocycles. The van der Waals surface area contributed by atoms with Gasteiger partial charge in [0.05, 0.1) is 25.3 Å². The molecule has 1 saturated heterocycles. The first kappa shape index (κ1) is 19.7. The number of ether oxygens (including phenoxy) is 2. The second kappa shape index (κ2) is 9.25. The fraction of sp³-hybridized carbons (Fsp3) is 0.375. The fourth-order valence-corrected chi connectivity index (χ4v) is 4.11. The average Bonchev–Trinajstić information content (AvgIpc) is 3.04. The number of para-hydroxylation sites is 1. The highest BCUT2D eigenvalue weighted by Crippen LogP contribution is 2.36. The lowest BCUT2D eigenvalue weighted by molar-refractivity contribution is 0.240. The van der Waals surface area contributed by atoms with E-state index in [2.05, 4.69) is 46.6 Å². The van der Waals surface area contributed by atoms with Crippen molar-refractivity contribution in [1.82, 2.24) is 15.2 Å². The van der Waals surface area contributed by atoms with Crippen LogP contribution in [0, 0.1) is 0 Å². The molecule has 2 heterocycles. The monoisotopic (exact) mass is 391 g/mol. The smallest absolute Gasteiger partial charge is 0.161 e. The topological polar surface area (TPSA) is 46.6 Å². The van der Waals surface area contributed by atoms with Crippen LogP contribution in [0.3, 0.4) is 0 Å². The summed E-state index contributed by atoms with van der Waals surface area (Å²) in [5, 5.41) is 4.68. The predicted octanol–water partition coefficient (Wildman–Crippen LogP) is 4.03. The maximum absolute atomic E-state index is 5.73. The van der Waals surface area contributed by atoms with Gasteiger partial charge in [-0.2, -0.15) is 0 Å². The highest BCUT2D eigenvalue weighted by molar-refractivity contribution is 5.79. The molecule has 5 heteroatoms. The summed E-state index contributed by atoms with van der Waals surface area (Å²) in [7, 11) is 1.70. The van der Waals surface area contributed by atoms with Crippen molar-refractivity contribution in [3.63, 3.8) is 0 Å². The van der Waals surface area contributed by atoms with Gasteiger partial charge in [0.15, 0.2) is 11.5 Å². The van der Waals surface area contributed by atoms with Gasteiger partial charge in [0.25, 0.3) is 0 Å². The molecule has 1 atom stereocenters. The van der Waals surface area contributed by atoms with Crippen LogP contribution in [0.1, 0.15) is 30.5 Å². The van der Waals surface area contributed by atoms with Gasteiger partial charge in [0.2, 0.25) is 0 Å². The molecular formula is C24H29N3O2. The maximum atomic E-state index is 5.73. The van der Waals surface area contributed by atoms with Gasteiger partial charge in [0, 0.05) is 31.2 Å². The molecule has 1 unspecified atom stereocenters. The summed E-state index contributed by atoms with van der Waals surface area (Å²) >= 11 is 0. The summed E-state index contributed by atoms with van der Waals surface area (Å²) in [4.78, 5) is 7.28. The minimum Gasteiger partial charge on any atom is -0.493 e. The van der Waals surface area contributed by atoms with Crippen LogP contribution in [0.15, 0.2) is 54.7 Å². The molecule has 0 spiro atoms. The Morgan fingerprint density at radius 2 is 1.93 bits per heavy atom. The molecule has 0 bridgehead atoms. The molecule has 1 aromatic heterocycles. The first-order chi connectivity index (χ1) is 14.3. The van der Waals surface area contributed by atoms with E-state index in [1.807, 2.05) is 25.3 Å². The van der Waals surface area contributed by atoms with Crippen molar-refractivity contribution >= 4 is 10.9 Å². The van der Waals surface area contributed by atoms with Gasteiger partial charge in [-0.3, -0.25) is 9.88 Å². The number of rotatable bonds is 6. The van der Waals surface area contributed by atoms with Crippen molar-refractivity contribution in [2.75, 3.05) is 39.9 Å². The Morgan fingerprint density at radius 1 is 1.03 bits per heavy atom.